The van der Waals surface area contributed by atoms with E-state index in [2.05, 4.69) is 27.0 Å². The lowest BCUT2D eigenvalue weighted by Gasteiger charge is -2.34. The maximum atomic E-state index is 12.9. The van der Waals surface area contributed by atoms with Crippen LogP contribution in [0.25, 0.3) is 11.3 Å². The predicted octanol–water partition coefficient (Wildman–Crippen LogP) is 2.61. The van der Waals surface area contributed by atoms with Crippen molar-refractivity contribution in [3.05, 3.63) is 66.5 Å². The first-order valence-electron chi connectivity index (χ1n) is 9.66. The molecule has 0 aliphatic carbocycles. The van der Waals surface area contributed by atoms with Gasteiger partial charge in [-0.05, 0) is 48.4 Å². The summed E-state index contributed by atoms with van der Waals surface area (Å²) in [7, 11) is -3.47. The molecular formula is C21H23N5O2S. The number of pyridine rings is 1. The minimum Gasteiger partial charge on any atom is -0.352 e. The molecule has 0 unspecified atom stereocenters. The van der Waals surface area contributed by atoms with Crippen LogP contribution in [0.3, 0.4) is 0 Å². The maximum Gasteiger partial charge on any atom is 0.243 e. The van der Waals surface area contributed by atoms with Gasteiger partial charge in [-0.3, -0.25) is 4.98 Å². The second-order valence-electron chi connectivity index (χ2n) is 6.90. The Morgan fingerprint density at radius 3 is 2.14 bits per heavy atom. The maximum absolute atomic E-state index is 12.9. The average Bonchev–Trinajstić information content (AvgIpc) is 2.80. The fourth-order valence-corrected chi connectivity index (χ4v) is 4.80. The zero-order valence-corrected chi connectivity index (χ0v) is 17.1. The highest BCUT2D eigenvalue weighted by atomic mass is 32.2. The summed E-state index contributed by atoms with van der Waals surface area (Å²) >= 11 is 0. The first-order chi connectivity index (χ1) is 14.1. The van der Waals surface area contributed by atoms with Crippen molar-refractivity contribution in [2.24, 2.45) is 0 Å². The van der Waals surface area contributed by atoms with E-state index in [4.69, 9.17) is 0 Å². The van der Waals surface area contributed by atoms with Crippen LogP contribution >= 0.6 is 0 Å². The Morgan fingerprint density at radius 1 is 0.862 bits per heavy atom. The number of anilines is 1. The Morgan fingerprint density at radius 2 is 1.55 bits per heavy atom. The quantitative estimate of drug-likeness (QED) is 0.645. The van der Waals surface area contributed by atoms with Gasteiger partial charge in [0.15, 0.2) is 5.82 Å². The molecule has 3 heterocycles. The molecule has 1 aliphatic rings. The van der Waals surface area contributed by atoms with E-state index < -0.39 is 10.0 Å². The Bertz CT molecular complexity index is 1050. The lowest BCUT2D eigenvalue weighted by molar-refractivity contribution is 0.383. The average molecular weight is 410 g/mol. The molecule has 4 rings (SSSR count). The molecule has 0 spiro atoms. The summed E-state index contributed by atoms with van der Waals surface area (Å²) in [5.41, 5.74) is 2.87. The molecule has 1 fully saturated rings. The van der Waals surface area contributed by atoms with E-state index in [9.17, 15) is 8.42 Å². The van der Waals surface area contributed by atoms with Crippen LogP contribution in [0.4, 0.5) is 5.82 Å². The summed E-state index contributed by atoms with van der Waals surface area (Å²) in [5.74, 6) is 0.757. The molecular weight excluding hydrogens is 386 g/mol. The second kappa shape index (κ2) is 8.26. The number of benzene rings is 1. The van der Waals surface area contributed by atoms with Gasteiger partial charge in [-0.15, -0.1) is 10.2 Å². The summed E-state index contributed by atoms with van der Waals surface area (Å²) in [6.45, 7) is 4.05. The lowest BCUT2D eigenvalue weighted by atomic mass is 10.2. The first kappa shape index (κ1) is 19.5. The third kappa shape index (κ3) is 4.13. The van der Waals surface area contributed by atoms with Gasteiger partial charge < -0.3 is 4.90 Å². The van der Waals surface area contributed by atoms with Crippen molar-refractivity contribution in [2.45, 2.75) is 18.2 Å². The summed E-state index contributed by atoms with van der Waals surface area (Å²) in [6, 6.07) is 14.8. The summed E-state index contributed by atoms with van der Waals surface area (Å²) in [5, 5.41) is 8.64. The molecule has 0 atom stereocenters. The highest BCUT2D eigenvalue weighted by molar-refractivity contribution is 7.89. The molecule has 150 valence electrons. The number of sulfonamides is 1. The molecule has 2 aromatic heterocycles. The standard InChI is InChI=1S/C21H23N5O2S/c1-2-17-3-5-19(6-4-17)29(27,28)26-15-13-25(14-16-26)21-8-7-20(23-24-21)18-9-11-22-12-10-18/h3-12H,2,13-16H2,1H3. The van der Waals surface area contributed by atoms with E-state index in [-0.39, 0.29) is 0 Å². The SMILES string of the molecule is CCc1ccc(S(=O)(=O)N2CCN(c3ccc(-c4ccncc4)nn3)CC2)cc1. The van der Waals surface area contributed by atoms with Crippen molar-refractivity contribution >= 4 is 15.8 Å². The molecule has 0 amide bonds. The highest BCUT2D eigenvalue weighted by Crippen LogP contribution is 2.22. The van der Waals surface area contributed by atoms with Crippen molar-refractivity contribution in [1.29, 1.82) is 0 Å². The van der Waals surface area contributed by atoms with Gasteiger partial charge in [0, 0.05) is 44.1 Å². The fourth-order valence-electron chi connectivity index (χ4n) is 3.37. The topological polar surface area (TPSA) is 79.3 Å². The first-order valence-corrected chi connectivity index (χ1v) is 11.1. The molecule has 3 aromatic rings. The molecule has 0 saturated carbocycles. The molecule has 0 radical (unpaired) electrons. The minimum atomic E-state index is -3.47. The van der Waals surface area contributed by atoms with E-state index in [1.54, 1.807) is 28.8 Å². The molecule has 29 heavy (non-hydrogen) atoms. The smallest absolute Gasteiger partial charge is 0.243 e. The molecule has 1 saturated heterocycles. The second-order valence-corrected chi connectivity index (χ2v) is 8.84. The Balaban J connectivity index is 1.42. The zero-order chi connectivity index (χ0) is 20.3. The van der Waals surface area contributed by atoms with Gasteiger partial charge in [0.2, 0.25) is 10.0 Å². The summed E-state index contributed by atoms with van der Waals surface area (Å²) < 4.78 is 27.4. The van der Waals surface area contributed by atoms with Gasteiger partial charge >= 0.3 is 0 Å². The molecule has 7 nitrogen and oxygen atoms in total. The van der Waals surface area contributed by atoms with E-state index in [0.717, 1.165) is 29.1 Å². The van der Waals surface area contributed by atoms with E-state index >= 15 is 0 Å². The number of piperazine rings is 1. The lowest BCUT2D eigenvalue weighted by Crippen LogP contribution is -2.49. The van der Waals surface area contributed by atoms with Crippen LogP contribution in [-0.4, -0.2) is 54.1 Å². The Labute approximate surface area is 171 Å². The third-order valence-electron chi connectivity index (χ3n) is 5.16. The Kier molecular flexibility index (Phi) is 5.55. The number of nitrogens with zero attached hydrogens (tertiary/aromatic N) is 5. The van der Waals surface area contributed by atoms with Crippen LogP contribution < -0.4 is 4.90 Å². The van der Waals surface area contributed by atoms with Crippen molar-refractivity contribution in [2.75, 3.05) is 31.1 Å². The van der Waals surface area contributed by atoms with Gasteiger partial charge in [0.25, 0.3) is 0 Å². The van der Waals surface area contributed by atoms with Gasteiger partial charge in [-0.25, -0.2) is 8.42 Å². The van der Waals surface area contributed by atoms with Crippen LogP contribution in [-0.2, 0) is 16.4 Å². The normalized spacial score (nSPS) is 15.4. The number of aromatic nitrogens is 3. The summed E-state index contributed by atoms with van der Waals surface area (Å²) in [4.78, 5) is 6.43. The predicted molar refractivity (Wildman–Crippen MR) is 112 cm³/mol. The number of rotatable bonds is 5. The Hall–Kier alpha value is -2.84. The monoisotopic (exact) mass is 409 g/mol. The van der Waals surface area contributed by atoms with Gasteiger partial charge in [-0.2, -0.15) is 4.31 Å². The van der Waals surface area contributed by atoms with Crippen LogP contribution in [0.2, 0.25) is 0 Å². The van der Waals surface area contributed by atoms with E-state index in [0.29, 0.717) is 31.1 Å². The van der Waals surface area contributed by atoms with Gasteiger partial charge in [0.1, 0.15) is 0 Å². The third-order valence-corrected chi connectivity index (χ3v) is 7.07. The van der Waals surface area contributed by atoms with Crippen molar-refractivity contribution in [3.63, 3.8) is 0 Å². The van der Waals surface area contributed by atoms with Gasteiger partial charge in [-0.1, -0.05) is 19.1 Å². The van der Waals surface area contributed by atoms with Crippen molar-refractivity contribution in [1.82, 2.24) is 19.5 Å². The van der Waals surface area contributed by atoms with Crippen molar-refractivity contribution in [3.8, 4) is 11.3 Å². The highest BCUT2D eigenvalue weighted by Gasteiger charge is 2.29. The number of aryl methyl sites for hydroxylation is 1. The van der Waals surface area contributed by atoms with E-state index in [1.165, 1.54) is 0 Å². The van der Waals surface area contributed by atoms with Crippen LogP contribution in [0.1, 0.15) is 12.5 Å². The fraction of sp³-hybridized carbons (Fsp3) is 0.286. The van der Waals surface area contributed by atoms with Gasteiger partial charge in [0.05, 0.1) is 10.6 Å². The number of hydrogen-bond acceptors (Lipinski definition) is 6. The van der Waals surface area contributed by atoms with Crippen LogP contribution in [0, 0.1) is 0 Å². The zero-order valence-electron chi connectivity index (χ0n) is 16.3. The molecule has 0 N–H and O–H groups in total. The van der Waals surface area contributed by atoms with Crippen LogP contribution in [0.15, 0.2) is 65.8 Å². The van der Waals surface area contributed by atoms with E-state index in [1.807, 2.05) is 36.4 Å². The van der Waals surface area contributed by atoms with Crippen molar-refractivity contribution < 1.29 is 8.42 Å². The molecule has 0 bridgehead atoms. The molecule has 1 aliphatic heterocycles. The number of hydrogen-bond donors (Lipinski definition) is 0. The summed E-state index contributed by atoms with van der Waals surface area (Å²) in [6.07, 6.45) is 4.33. The molecule has 1 aromatic carbocycles. The molecule has 8 heteroatoms. The van der Waals surface area contributed by atoms with Crippen LogP contribution in [0.5, 0.6) is 0 Å². The minimum absolute atomic E-state index is 0.352. The largest absolute Gasteiger partial charge is 0.352 e.